The Morgan fingerprint density at radius 2 is 0.759 bits per heavy atom. The van der Waals surface area contributed by atoms with Crippen LogP contribution in [0.15, 0.2) is 249 Å². The fourth-order valence-corrected chi connectivity index (χ4v) is 12.9. The summed E-state index contributed by atoms with van der Waals surface area (Å²) in [6.45, 7) is 2.05. The second-order valence-corrected chi connectivity index (χ2v) is 20.2. The first-order valence-corrected chi connectivity index (χ1v) is 26.6. The van der Waals surface area contributed by atoms with Crippen molar-refractivity contribution in [3.05, 3.63) is 260 Å². The average Bonchev–Trinajstić information content (AvgIpc) is 4.16. The molecule has 8 nitrogen and oxygen atoms in total. The Bertz CT molecular complexity index is 5120. The number of para-hydroxylation sites is 8. The molecule has 7 aromatic heterocycles. The van der Waals surface area contributed by atoms with Gasteiger partial charge in [-0.1, -0.05) is 152 Å². The topological polar surface area (TPSA) is 82.2 Å². The highest BCUT2D eigenvalue weighted by Gasteiger charge is 2.35. The summed E-state index contributed by atoms with van der Waals surface area (Å²) in [4.78, 5) is 15.9. The second kappa shape index (κ2) is 17.3. The minimum atomic E-state index is 0.485. The minimum absolute atomic E-state index is 0.485. The number of pyridine rings is 3. The van der Waals surface area contributed by atoms with Gasteiger partial charge in [-0.25, -0.2) is 0 Å². The van der Waals surface area contributed by atoms with Gasteiger partial charge in [0.25, 0.3) is 0 Å². The van der Waals surface area contributed by atoms with Gasteiger partial charge in [0.2, 0.25) is 0 Å². The molecule has 0 radical (unpaired) electrons. The average molecular weight is 1010 g/mol. The summed E-state index contributed by atoms with van der Waals surface area (Å²) in [5, 5.41) is 19.2. The first-order chi connectivity index (χ1) is 39.2. The van der Waals surface area contributed by atoms with Crippen LogP contribution in [0, 0.1) is 18.3 Å². The molecule has 0 saturated heterocycles. The lowest BCUT2D eigenvalue weighted by Crippen LogP contribution is -2.12. The fraction of sp³-hybridized carbons (Fsp3) is 0.0141. The third-order valence-corrected chi connectivity index (χ3v) is 16.0. The monoisotopic (exact) mass is 1010 g/mol. The van der Waals surface area contributed by atoms with Gasteiger partial charge in [-0.15, -0.1) is 0 Å². The lowest BCUT2D eigenvalue weighted by atomic mass is 9.83. The summed E-state index contributed by atoms with van der Waals surface area (Å²) in [6, 6.07) is 86.4. The quantitative estimate of drug-likeness (QED) is 0.159. The predicted octanol–water partition coefficient (Wildman–Crippen LogP) is 17.4. The molecule has 0 aliphatic rings. The van der Waals surface area contributed by atoms with Crippen LogP contribution in [-0.4, -0.2) is 33.2 Å². The van der Waals surface area contributed by atoms with E-state index >= 15 is 0 Å². The smallest absolute Gasteiger partial charge is 0.102 e. The largest absolute Gasteiger partial charge is 0.309 e. The van der Waals surface area contributed by atoms with Crippen molar-refractivity contribution in [2.45, 2.75) is 6.92 Å². The van der Waals surface area contributed by atoms with E-state index in [4.69, 9.17) is 15.0 Å². The molecule has 9 aromatic carbocycles. The molecule has 0 amide bonds. The first-order valence-electron chi connectivity index (χ1n) is 26.6. The van der Waals surface area contributed by atoms with Crippen LogP contribution < -0.4 is 0 Å². The van der Waals surface area contributed by atoms with Crippen molar-refractivity contribution < 1.29 is 0 Å². The summed E-state index contributed by atoms with van der Waals surface area (Å²) < 4.78 is 9.50. The molecule has 16 aromatic rings. The van der Waals surface area contributed by atoms with Gasteiger partial charge in [0.15, 0.2) is 0 Å². The van der Waals surface area contributed by atoms with E-state index < -0.39 is 0 Å². The van der Waals surface area contributed by atoms with Crippen molar-refractivity contribution >= 4 is 87.5 Å². The number of hydrogen-bond acceptors (Lipinski definition) is 4. The van der Waals surface area contributed by atoms with Crippen LogP contribution in [0.2, 0.25) is 0 Å². The van der Waals surface area contributed by atoms with Gasteiger partial charge in [0.1, 0.15) is 6.07 Å². The Hall–Kier alpha value is -10.9. The van der Waals surface area contributed by atoms with E-state index in [1.54, 1.807) is 0 Å². The van der Waals surface area contributed by atoms with Gasteiger partial charge in [-0.05, 0) is 91.9 Å². The molecule has 0 aliphatic carbocycles. The van der Waals surface area contributed by atoms with E-state index in [-0.39, 0.29) is 0 Å². The Labute approximate surface area is 453 Å². The zero-order valence-corrected chi connectivity index (χ0v) is 42.7. The molecule has 79 heavy (non-hydrogen) atoms. The standard InChI is InChI=1S/C71H44N8/c1-44-21-16-34-56(75-44)65-63(53-32-17-30-49-47-26-8-12-35-57(47)76(68(49)53)45-22-4-2-5-23-45)55(43-72)70(78-59-37-14-10-28-51(59)66-61(78)39-19-41-73-66)64(71(65)79-60-38-15-11-29-52(60)67-62(79)40-20-42-74-67)54-33-18-31-50-48-27-9-13-36-58(48)77(69(50)54)46-24-6-3-7-25-46/h2-42H,1H3. The third kappa shape index (κ3) is 6.39. The SMILES string of the molecule is Cc1cccc(-c2c(-c3cccc4c5ccccc5n(-c5ccccc5)c34)c(C#N)c(-n3c4ccccc4c4ncccc43)c(-c3cccc4c5ccccc5n(-c5ccccc5)c34)c2-n2c3ccccc3c3ncccc32)n1. The van der Waals surface area contributed by atoms with E-state index in [1.807, 2.05) is 37.5 Å². The molecule has 0 bridgehead atoms. The molecule has 0 aliphatic heterocycles. The molecule has 368 valence electrons. The van der Waals surface area contributed by atoms with Crippen LogP contribution in [0.3, 0.4) is 0 Å². The van der Waals surface area contributed by atoms with E-state index in [2.05, 4.69) is 243 Å². The normalized spacial score (nSPS) is 11.8. The Balaban J connectivity index is 1.25. The van der Waals surface area contributed by atoms with Crippen molar-refractivity contribution in [2.75, 3.05) is 0 Å². The zero-order chi connectivity index (χ0) is 52.3. The van der Waals surface area contributed by atoms with Crippen LogP contribution in [0.4, 0.5) is 0 Å². The number of nitrogens with zero attached hydrogens (tertiary/aromatic N) is 8. The lowest BCUT2D eigenvalue weighted by molar-refractivity contribution is 1.11. The fourth-order valence-electron chi connectivity index (χ4n) is 12.9. The van der Waals surface area contributed by atoms with Gasteiger partial charge in [-0.2, -0.15) is 5.26 Å². The summed E-state index contributed by atoms with van der Waals surface area (Å²) in [7, 11) is 0. The molecule has 0 saturated carbocycles. The highest BCUT2D eigenvalue weighted by molar-refractivity contribution is 6.21. The molecular formula is C71H44N8. The van der Waals surface area contributed by atoms with Crippen LogP contribution in [0.1, 0.15) is 11.3 Å². The van der Waals surface area contributed by atoms with Gasteiger partial charge >= 0.3 is 0 Å². The summed E-state index contributed by atoms with van der Waals surface area (Å²) in [5.41, 5.74) is 19.3. The molecule has 0 spiro atoms. The maximum absolute atomic E-state index is 12.9. The van der Waals surface area contributed by atoms with Crippen LogP contribution >= 0.6 is 0 Å². The number of aromatic nitrogens is 7. The highest BCUT2D eigenvalue weighted by Crippen LogP contribution is 2.55. The Kier molecular flexibility index (Phi) is 9.74. The number of hydrogen-bond donors (Lipinski definition) is 0. The van der Waals surface area contributed by atoms with Crippen molar-refractivity contribution in [3.8, 4) is 62.3 Å². The van der Waals surface area contributed by atoms with Crippen LogP contribution in [0.5, 0.6) is 0 Å². The number of rotatable bonds is 7. The van der Waals surface area contributed by atoms with E-state index in [9.17, 15) is 5.26 Å². The van der Waals surface area contributed by atoms with Crippen molar-refractivity contribution in [2.24, 2.45) is 0 Å². The third-order valence-electron chi connectivity index (χ3n) is 16.0. The minimum Gasteiger partial charge on any atom is -0.309 e. The summed E-state index contributed by atoms with van der Waals surface area (Å²) >= 11 is 0. The van der Waals surface area contributed by atoms with Crippen LogP contribution in [0.25, 0.3) is 144 Å². The maximum atomic E-state index is 12.9. The molecule has 0 unspecified atom stereocenters. The predicted molar refractivity (Wildman–Crippen MR) is 323 cm³/mol. The van der Waals surface area contributed by atoms with E-state index in [1.165, 1.54) is 0 Å². The van der Waals surface area contributed by atoms with Gasteiger partial charge in [0.05, 0.1) is 77.8 Å². The molecule has 16 rings (SSSR count). The molecule has 8 heteroatoms. The summed E-state index contributed by atoms with van der Waals surface area (Å²) in [5.74, 6) is 0. The van der Waals surface area contributed by atoms with Gasteiger partial charge in [-0.3, -0.25) is 15.0 Å². The van der Waals surface area contributed by atoms with E-state index in [0.29, 0.717) is 5.56 Å². The van der Waals surface area contributed by atoms with Crippen molar-refractivity contribution in [1.82, 2.24) is 33.2 Å². The number of nitriles is 1. The summed E-state index contributed by atoms with van der Waals surface area (Å²) in [6.07, 6.45) is 3.74. The van der Waals surface area contributed by atoms with Gasteiger partial charge < -0.3 is 18.3 Å². The number of fused-ring (bicyclic) bond motifs is 12. The molecule has 0 fully saturated rings. The molecular weight excluding hydrogens is 965 g/mol. The van der Waals surface area contributed by atoms with Gasteiger partial charge in [0, 0.05) is 89.6 Å². The second-order valence-electron chi connectivity index (χ2n) is 20.2. The molecule has 0 atom stereocenters. The number of aryl methyl sites for hydroxylation is 1. The van der Waals surface area contributed by atoms with E-state index in [0.717, 1.165) is 149 Å². The Morgan fingerprint density at radius 1 is 0.342 bits per heavy atom. The maximum Gasteiger partial charge on any atom is 0.102 e. The zero-order valence-electron chi connectivity index (χ0n) is 42.7. The Morgan fingerprint density at radius 3 is 1.27 bits per heavy atom. The molecule has 7 heterocycles. The number of benzene rings is 9. The highest BCUT2D eigenvalue weighted by atomic mass is 15.1. The molecule has 0 N–H and O–H groups in total. The van der Waals surface area contributed by atoms with Crippen molar-refractivity contribution in [3.63, 3.8) is 0 Å². The van der Waals surface area contributed by atoms with Crippen LogP contribution in [-0.2, 0) is 0 Å². The van der Waals surface area contributed by atoms with Crippen molar-refractivity contribution in [1.29, 1.82) is 5.26 Å². The first kappa shape index (κ1) is 44.4. The lowest BCUT2D eigenvalue weighted by Gasteiger charge is -2.28.